The second kappa shape index (κ2) is 29.5. The third kappa shape index (κ3) is 38.1. The molecular formula is C42H76O6. The van der Waals surface area contributed by atoms with E-state index in [-0.39, 0.29) is 34.4 Å². The Morgan fingerprint density at radius 3 is 1.08 bits per heavy atom. The molecule has 0 amide bonds. The number of methoxy groups -OCH3 is 2. The maximum Gasteiger partial charge on any atom is 0.163 e. The Kier molecular flexibility index (Phi) is 32.3. The topological polar surface area (TPSA) is 71.1 Å². The summed E-state index contributed by atoms with van der Waals surface area (Å²) >= 11 is 0. The summed E-state index contributed by atoms with van der Waals surface area (Å²) in [4.78, 5) is 22.2. The minimum atomic E-state index is -0.254. The first-order valence-corrected chi connectivity index (χ1v) is 17.5. The van der Waals surface area contributed by atoms with Gasteiger partial charge in [0.15, 0.2) is 5.78 Å². The maximum atomic E-state index is 11.3. The SMILES string of the molecule is CC.CC.CC(C)(C)OCc1ccccc1.CC(C)(C)OCc1ccccc1.COCC(=O)C(C)(C)C.COCCCC(=O)C(C)(C)C. The molecule has 0 saturated carbocycles. The molecule has 6 nitrogen and oxygen atoms in total. The van der Waals surface area contributed by atoms with Crippen molar-refractivity contribution in [2.75, 3.05) is 27.4 Å². The Bertz CT molecular complexity index is 935. The Morgan fingerprint density at radius 2 is 0.854 bits per heavy atom. The van der Waals surface area contributed by atoms with Gasteiger partial charge in [-0.15, -0.1) is 0 Å². The molecule has 2 aromatic carbocycles. The summed E-state index contributed by atoms with van der Waals surface area (Å²) < 4.78 is 20.8. The first-order chi connectivity index (χ1) is 22.1. The van der Waals surface area contributed by atoms with Crippen LogP contribution < -0.4 is 0 Å². The highest BCUT2D eigenvalue weighted by molar-refractivity contribution is 5.84. The molecule has 280 valence electrons. The lowest BCUT2D eigenvalue weighted by Gasteiger charge is -2.19. The van der Waals surface area contributed by atoms with E-state index in [1.54, 1.807) is 7.11 Å². The van der Waals surface area contributed by atoms with Crippen molar-refractivity contribution in [3.63, 3.8) is 0 Å². The molecule has 0 N–H and O–H groups in total. The number of hydrogen-bond donors (Lipinski definition) is 0. The highest BCUT2D eigenvalue weighted by Crippen LogP contribution is 2.17. The van der Waals surface area contributed by atoms with Crippen LogP contribution in [0, 0.1) is 10.8 Å². The average molecular weight is 677 g/mol. The van der Waals surface area contributed by atoms with Crippen molar-refractivity contribution in [2.24, 2.45) is 10.8 Å². The summed E-state index contributed by atoms with van der Waals surface area (Å²) in [6.45, 7) is 34.2. The summed E-state index contributed by atoms with van der Waals surface area (Å²) in [6, 6.07) is 20.4. The zero-order valence-electron chi connectivity index (χ0n) is 34.5. The normalized spacial score (nSPS) is 10.9. The highest BCUT2D eigenvalue weighted by Gasteiger charge is 2.20. The molecule has 6 heteroatoms. The number of ether oxygens (including phenoxy) is 4. The number of carbonyl (C=O) groups is 2. The number of rotatable bonds is 10. The first kappa shape index (κ1) is 52.4. The Balaban J connectivity index is -0.000000261. The average Bonchev–Trinajstić information content (AvgIpc) is 3.02. The number of ketones is 2. The zero-order chi connectivity index (χ0) is 38.5. The van der Waals surface area contributed by atoms with E-state index in [1.807, 2.05) is 106 Å². The van der Waals surface area contributed by atoms with Gasteiger partial charge in [-0.25, -0.2) is 0 Å². The molecule has 0 aromatic heterocycles. The van der Waals surface area contributed by atoms with Gasteiger partial charge in [-0.2, -0.15) is 0 Å². The van der Waals surface area contributed by atoms with Crippen molar-refractivity contribution in [1.82, 2.24) is 0 Å². The van der Waals surface area contributed by atoms with Gasteiger partial charge in [-0.3, -0.25) is 9.59 Å². The van der Waals surface area contributed by atoms with E-state index in [0.717, 1.165) is 6.42 Å². The number of hydrogen-bond acceptors (Lipinski definition) is 6. The van der Waals surface area contributed by atoms with Crippen LogP contribution in [-0.4, -0.2) is 50.2 Å². The van der Waals surface area contributed by atoms with Crippen LogP contribution in [0.3, 0.4) is 0 Å². The van der Waals surface area contributed by atoms with Crippen LogP contribution in [0.25, 0.3) is 0 Å². The summed E-state index contributed by atoms with van der Waals surface area (Å²) in [5, 5.41) is 0. The Labute approximate surface area is 297 Å². The van der Waals surface area contributed by atoms with E-state index >= 15 is 0 Å². The molecule has 0 heterocycles. The molecule has 0 saturated heterocycles. The summed E-state index contributed by atoms with van der Waals surface area (Å²) in [5.41, 5.74) is 1.93. The lowest BCUT2D eigenvalue weighted by Crippen LogP contribution is -2.24. The van der Waals surface area contributed by atoms with Gasteiger partial charge in [0.1, 0.15) is 12.4 Å². The third-order valence-electron chi connectivity index (χ3n) is 5.73. The van der Waals surface area contributed by atoms with Crippen molar-refractivity contribution < 1.29 is 28.5 Å². The predicted octanol–water partition coefficient (Wildman–Crippen LogP) is 11.3. The van der Waals surface area contributed by atoms with Crippen molar-refractivity contribution in [3.05, 3.63) is 71.8 Å². The van der Waals surface area contributed by atoms with Crippen LogP contribution in [0.4, 0.5) is 0 Å². The molecule has 0 aliphatic heterocycles. The molecule has 2 aromatic rings. The van der Waals surface area contributed by atoms with Gasteiger partial charge in [-0.1, -0.05) is 130 Å². The van der Waals surface area contributed by atoms with Crippen LogP contribution in [0.5, 0.6) is 0 Å². The molecule has 2 rings (SSSR count). The minimum absolute atomic E-state index is 0.0458. The van der Waals surface area contributed by atoms with Gasteiger partial charge >= 0.3 is 0 Å². The van der Waals surface area contributed by atoms with Gasteiger partial charge in [0.2, 0.25) is 0 Å². The standard InChI is InChI=1S/2C11H16O.C9H18O2.C7H14O2.2C2H6/c2*1-11(2,3)12-9-10-7-5-4-6-8-10;1-9(2,3)8(10)6-5-7-11-4;1-7(2,3)6(8)5-9-4;2*1-2/h2*4-8H,9H2,1-3H3;5-7H2,1-4H3;5H2,1-4H3;2*1-2H3. The van der Waals surface area contributed by atoms with Crippen LogP contribution in [0.15, 0.2) is 60.7 Å². The van der Waals surface area contributed by atoms with E-state index in [1.165, 1.54) is 18.2 Å². The summed E-state index contributed by atoms with van der Waals surface area (Å²) in [7, 11) is 3.19. The van der Waals surface area contributed by atoms with E-state index in [0.29, 0.717) is 32.0 Å². The molecule has 0 radical (unpaired) electrons. The molecule has 0 aliphatic carbocycles. The number of benzene rings is 2. The van der Waals surface area contributed by atoms with Crippen LogP contribution in [-0.2, 0) is 41.8 Å². The largest absolute Gasteiger partial charge is 0.385 e. The van der Waals surface area contributed by atoms with Crippen molar-refractivity contribution in [2.45, 2.75) is 148 Å². The second-order valence-corrected chi connectivity index (χ2v) is 14.6. The maximum absolute atomic E-state index is 11.3. The molecular weight excluding hydrogens is 600 g/mol. The lowest BCUT2D eigenvalue weighted by molar-refractivity contribution is -0.130. The van der Waals surface area contributed by atoms with Crippen LogP contribution >= 0.6 is 0 Å². The van der Waals surface area contributed by atoms with E-state index in [9.17, 15) is 9.59 Å². The van der Waals surface area contributed by atoms with Crippen molar-refractivity contribution >= 4 is 11.6 Å². The van der Waals surface area contributed by atoms with Crippen molar-refractivity contribution in [3.8, 4) is 0 Å². The Hall–Kier alpha value is -2.38. The zero-order valence-corrected chi connectivity index (χ0v) is 34.5. The van der Waals surface area contributed by atoms with Crippen LogP contribution in [0.2, 0.25) is 0 Å². The minimum Gasteiger partial charge on any atom is -0.385 e. The highest BCUT2D eigenvalue weighted by atomic mass is 16.5. The molecule has 0 spiro atoms. The fraction of sp³-hybridized carbons (Fsp3) is 0.667. The third-order valence-corrected chi connectivity index (χ3v) is 5.73. The number of carbonyl (C=O) groups excluding carboxylic acids is 2. The predicted molar refractivity (Wildman–Crippen MR) is 207 cm³/mol. The number of Topliss-reactive ketones (excluding diaryl/α,β-unsaturated/α-hetero) is 2. The Morgan fingerprint density at radius 1 is 0.521 bits per heavy atom. The monoisotopic (exact) mass is 677 g/mol. The van der Waals surface area contributed by atoms with E-state index < -0.39 is 0 Å². The fourth-order valence-electron chi connectivity index (χ4n) is 2.85. The quantitative estimate of drug-likeness (QED) is 0.233. The van der Waals surface area contributed by atoms with Gasteiger partial charge in [0, 0.05) is 38.1 Å². The van der Waals surface area contributed by atoms with Gasteiger partial charge in [0.25, 0.3) is 0 Å². The second-order valence-electron chi connectivity index (χ2n) is 14.6. The smallest absolute Gasteiger partial charge is 0.163 e. The van der Waals surface area contributed by atoms with Crippen LogP contribution in [0.1, 0.15) is 135 Å². The van der Waals surface area contributed by atoms with E-state index in [4.69, 9.17) is 14.2 Å². The fourth-order valence-corrected chi connectivity index (χ4v) is 2.85. The molecule has 0 atom stereocenters. The van der Waals surface area contributed by atoms with E-state index in [2.05, 4.69) is 70.5 Å². The molecule has 0 fully saturated rings. The molecule has 0 aliphatic rings. The molecule has 48 heavy (non-hydrogen) atoms. The van der Waals surface area contributed by atoms with Gasteiger partial charge in [-0.05, 0) is 59.1 Å². The molecule has 0 unspecified atom stereocenters. The first-order valence-electron chi connectivity index (χ1n) is 17.5. The van der Waals surface area contributed by atoms with Crippen molar-refractivity contribution in [1.29, 1.82) is 0 Å². The van der Waals surface area contributed by atoms with Gasteiger partial charge < -0.3 is 18.9 Å². The van der Waals surface area contributed by atoms with Gasteiger partial charge in [0.05, 0.1) is 24.4 Å². The molecule has 0 bridgehead atoms. The lowest BCUT2D eigenvalue weighted by atomic mass is 9.88. The summed E-state index contributed by atoms with van der Waals surface area (Å²) in [5.74, 6) is 0.458. The summed E-state index contributed by atoms with van der Waals surface area (Å²) in [6.07, 6.45) is 1.48.